The Labute approximate surface area is 114 Å². The van der Waals surface area contributed by atoms with Gasteiger partial charge in [-0.1, -0.05) is 24.3 Å². The van der Waals surface area contributed by atoms with E-state index < -0.39 is 0 Å². The Morgan fingerprint density at radius 3 is 2.74 bits per heavy atom. The van der Waals surface area contributed by atoms with Gasteiger partial charge in [-0.15, -0.1) is 0 Å². The number of ether oxygens (including phenoxy) is 1. The zero-order valence-corrected chi connectivity index (χ0v) is 11.7. The van der Waals surface area contributed by atoms with Crippen LogP contribution >= 0.6 is 0 Å². The van der Waals surface area contributed by atoms with Gasteiger partial charge in [0.25, 0.3) is 0 Å². The zero-order valence-electron chi connectivity index (χ0n) is 11.7. The number of aryl methyl sites for hydroxylation is 2. The maximum Gasteiger partial charge on any atom is 0.161 e. The molecule has 0 atom stereocenters. The second-order valence-electron chi connectivity index (χ2n) is 5.30. The van der Waals surface area contributed by atoms with E-state index in [1.165, 1.54) is 27.9 Å². The first kappa shape index (κ1) is 12.1. The van der Waals surface area contributed by atoms with Crippen molar-refractivity contribution in [2.75, 3.05) is 11.6 Å². The predicted molar refractivity (Wildman–Crippen MR) is 78.8 cm³/mol. The van der Waals surface area contributed by atoms with Gasteiger partial charge in [-0.3, -0.25) is 0 Å². The van der Waals surface area contributed by atoms with Gasteiger partial charge < -0.3 is 9.64 Å². The molecule has 0 unspecified atom stereocenters. The van der Waals surface area contributed by atoms with Gasteiger partial charge in [-0.2, -0.15) is 0 Å². The van der Waals surface area contributed by atoms with Crippen molar-refractivity contribution in [2.24, 2.45) is 0 Å². The number of benzene rings is 2. The molecule has 98 valence electrons. The van der Waals surface area contributed by atoms with Crippen molar-refractivity contribution in [3.05, 3.63) is 58.7 Å². The lowest BCUT2D eigenvalue weighted by Gasteiger charge is -2.32. The summed E-state index contributed by atoms with van der Waals surface area (Å²) in [6, 6.07) is 12.9. The summed E-state index contributed by atoms with van der Waals surface area (Å²) >= 11 is 0. The molecule has 0 aromatic heterocycles. The van der Waals surface area contributed by atoms with E-state index in [2.05, 4.69) is 62.1 Å². The lowest BCUT2D eigenvalue weighted by molar-refractivity contribution is 0.289. The summed E-state index contributed by atoms with van der Waals surface area (Å²) in [5, 5.41) is 0. The fourth-order valence-corrected chi connectivity index (χ4v) is 2.56. The number of nitrogens with zero attached hydrogens (tertiary/aromatic N) is 1. The monoisotopic (exact) mass is 253 g/mol. The Kier molecular flexibility index (Phi) is 2.94. The minimum absolute atomic E-state index is 0.626. The molecular formula is C17H19NO. The number of anilines is 1. The topological polar surface area (TPSA) is 12.5 Å². The van der Waals surface area contributed by atoms with Crippen LogP contribution in [0.1, 0.15) is 22.3 Å². The van der Waals surface area contributed by atoms with Gasteiger partial charge in [-0.25, -0.2) is 0 Å². The van der Waals surface area contributed by atoms with Crippen molar-refractivity contribution < 1.29 is 4.74 Å². The molecule has 2 aromatic carbocycles. The second kappa shape index (κ2) is 4.61. The molecule has 1 aliphatic rings. The molecule has 0 spiro atoms. The summed E-state index contributed by atoms with van der Waals surface area (Å²) in [5.41, 5.74) is 6.44. The molecule has 3 rings (SSSR count). The Hall–Kier alpha value is -1.96. The van der Waals surface area contributed by atoms with E-state index >= 15 is 0 Å². The average Bonchev–Trinajstić information content (AvgIpc) is 2.41. The fraction of sp³-hybridized carbons (Fsp3) is 0.294. The summed E-state index contributed by atoms with van der Waals surface area (Å²) in [7, 11) is 0. The van der Waals surface area contributed by atoms with Crippen molar-refractivity contribution in [3.63, 3.8) is 0 Å². The molecule has 0 aliphatic carbocycles. The number of rotatable bonds is 1. The van der Waals surface area contributed by atoms with Gasteiger partial charge in [-0.05, 0) is 49.6 Å². The molecule has 0 fully saturated rings. The summed E-state index contributed by atoms with van der Waals surface area (Å²) in [6.45, 7) is 7.97. The van der Waals surface area contributed by atoms with Crippen LogP contribution in [-0.4, -0.2) is 6.73 Å². The van der Waals surface area contributed by atoms with Crippen molar-refractivity contribution >= 4 is 5.69 Å². The summed E-state index contributed by atoms with van der Waals surface area (Å²) in [5.74, 6) is 1.03. The highest BCUT2D eigenvalue weighted by atomic mass is 16.5. The molecule has 2 nitrogen and oxygen atoms in total. The van der Waals surface area contributed by atoms with Crippen LogP contribution < -0.4 is 9.64 Å². The third-order valence-electron chi connectivity index (χ3n) is 3.88. The zero-order chi connectivity index (χ0) is 13.4. The van der Waals surface area contributed by atoms with Crippen LogP contribution in [0.2, 0.25) is 0 Å². The van der Waals surface area contributed by atoms with Gasteiger partial charge in [0.15, 0.2) is 6.73 Å². The molecule has 19 heavy (non-hydrogen) atoms. The van der Waals surface area contributed by atoms with E-state index in [-0.39, 0.29) is 0 Å². The molecule has 0 radical (unpaired) electrons. The van der Waals surface area contributed by atoms with Crippen molar-refractivity contribution in [3.8, 4) is 5.75 Å². The highest BCUT2D eigenvalue weighted by Gasteiger charge is 2.19. The minimum Gasteiger partial charge on any atom is -0.473 e. The van der Waals surface area contributed by atoms with Gasteiger partial charge in [0.2, 0.25) is 0 Å². The van der Waals surface area contributed by atoms with Crippen LogP contribution in [0.5, 0.6) is 5.75 Å². The number of fused-ring (bicyclic) bond motifs is 1. The summed E-state index contributed by atoms with van der Waals surface area (Å²) in [4.78, 5) is 2.29. The van der Waals surface area contributed by atoms with Gasteiger partial charge >= 0.3 is 0 Å². The van der Waals surface area contributed by atoms with E-state index in [4.69, 9.17) is 4.74 Å². The molecular weight excluding hydrogens is 234 g/mol. The maximum absolute atomic E-state index is 5.89. The molecule has 0 saturated carbocycles. The predicted octanol–water partition coefficient (Wildman–Crippen LogP) is 3.97. The van der Waals surface area contributed by atoms with Crippen molar-refractivity contribution in [1.82, 2.24) is 0 Å². The van der Waals surface area contributed by atoms with Gasteiger partial charge in [0.1, 0.15) is 5.75 Å². The first-order valence-electron chi connectivity index (χ1n) is 6.68. The van der Waals surface area contributed by atoms with Crippen LogP contribution in [0.25, 0.3) is 0 Å². The fourth-order valence-electron chi connectivity index (χ4n) is 2.56. The number of hydrogen-bond donors (Lipinski definition) is 0. The molecule has 2 heteroatoms. The van der Waals surface area contributed by atoms with Crippen LogP contribution in [-0.2, 0) is 6.54 Å². The van der Waals surface area contributed by atoms with E-state index in [0.29, 0.717) is 6.73 Å². The minimum atomic E-state index is 0.626. The molecule has 0 N–H and O–H groups in total. The van der Waals surface area contributed by atoms with E-state index in [1.54, 1.807) is 0 Å². The van der Waals surface area contributed by atoms with Crippen LogP contribution in [0, 0.1) is 20.8 Å². The summed E-state index contributed by atoms with van der Waals surface area (Å²) in [6.07, 6.45) is 0. The first-order valence-corrected chi connectivity index (χ1v) is 6.68. The molecule has 1 heterocycles. The SMILES string of the molecule is Cc1ccc2c(c1)OCN(c1cccc(C)c1C)C2. The Morgan fingerprint density at radius 1 is 1.05 bits per heavy atom. The highest BCUT2D eigenvalue weighted by Crippen LogP contribution is 2.31. The van der Waals surface area contributed by atoms with Gasteiger partial charge in [0.05, 0.1) is 0 Å². The van der Waals surface area contributed by atoms with Crippen molar-refractivity contribution in [2.45, 2.75) is 27.3 Å². The number of hydrogen-bond acceptors (Lipinski definition) is 2. The highest BCUT2D eigenvalue weighted by molar-refractivity contribution is 5.57. The first-order chi connectivity index (χ1) is 9.15. The molecule has 2 aromatic rings. The molecule has 0 saturated heterocycles. The Balaban J connectivity index is 1.93. The molecule has 0 bridgehead atoms. The lowest BCUT2D eigenvalue weighted by Crippen LogP contribution is -2.32. The molecule has 0 amide bonds. The quantitative estimate of drug-likeness (QED) is 0.762. The normalized spacial score (nSPS) is 13.9. The van der Waals surface area contributed by atoms with Gasteiger partial charge in [0, 0.05) is 17.8 Å². The van der Waals surface area contributed by atoms with E-state index in [9.17, 15) is 0 Å². The van der Waals surface area contributed by atoms with E-state index in [1.807, 2.05) is 0 Å². The van der Waals surface area contributed by atoms with Crippen LogP contribution in [0.3, 0.4) is 0 Å². The standard InChI is InChI=1S/C17H19NO/c1-12-7-8-15-10-18(11-19-17(15)9-12)16-6-4-5-13(2)14(16)3/h4-9H,10-11H2,1-3H3. The summed E-state index contributed by atoms with van der Waals surface area (Å²) < 4.78 is 5.89. The smallest absolute Gasteiger partial charge is 0.161 e. The van der Waals surface area contributed by atoms with E-state index in [0.717, 1.165) is 12.3 Å². The second-order valence-corrected chi connectivity index (χ2v) is 5.30. The lowest BCUT2D eigenvalue weighted by atomic mass is 10.1. The third-order valence-corrected chi connectivity index (χ3v) is 3.88. The van der Waals surface area contributed by atoms with Crippen LogP contribution in [0.4, 0.5) is 5.69 Å². The average molecular weight is 253 g/mol. The molecule has 1 aliphatic heterocycles. The maximum atomic E-state index is 5.89. The van der Waals surface area contributed by atoms with Crippen molar-refractivity contribution in [1.29, 1.82) is 0 Å². The van der Waals surface area contributed by atoms with Crippen LogP contribution in [0.15, 0.2) is 36.4 Å². The Bertz CT molecular complexity index is 619. The largest absolute Gasteiger partial charge is 0.473 e. The Morgan fingerprint density at radius 2 is 1.89 bits per heavy atom. The third kappa shape index (κ3) is 2.19.